The minimum absolute atomic E-state index is 0.0879. The lowest BCUT2D eigenvalue weighted by Gasteiger charge is -2.21. The van der Waals surface area contributed by atoms with E-state index in [9.17, 15) is 8.42 Å². The highest BCUT2D eigenvalue weighted by Crippen LogP contribution is 2.17. The number of unbranched alkanes of at least 4 members (excludes halogenated alkanes) is 1. The van der Waals surface area contributed by atoms with Crippen LogP contribution in [-0.4, -0.2) is 58.1 Å². The van der Waals surface area contributed by atoms with Crippen molar-refractivity contribution in [3.05, 3.63) is 29.8 Å². The standard InChI is InChI=1S/C21H38N4O3S/c1-6-8-15-28-16-9-14-23-21(22-7-2)24-17-19-10-12-20(13-11-19)29(26,27)25(5)18(3)4/h10-13,18H,6-9,14-17H2,1-5H3,(H2,22,23,24). The van der Waals surface area contributed by atoms with Crippen LogP contribution in [0.2, 0.25) is 0 Å². The predicted molar refractivity (Wildman–Crippen MR) is 120 cm³/mol. The van der Waals surface area contributed by atoms with Gasteiger partial charge in [-0.3, -0.25) is 0 Å². The highest BCUT2D eigenvalue weighted by atomic mass is 32.2. The lowest BCUT2D eigenvalue weighted by Crippen LogP contribution is -2.38. The normalized spacial score (nSPS) is 12.6. The molecule has 7 nitrogen and oxygen atoms in total. The van der Waals surface area contributed by atoms with Gasteiger partial charge in [-0.15, -0.1) is 0 Å². The fraction of sp³-hybridized carbons (Fsp3) is 0.667. The van der Waals surface area contributed by atoms with Gasteiger partial charge in [-0.2, -0.15) is 4.31 Å². The summed E-state index contributed by atoms with van der Waals surface area (Å²) < 4.78 is 32.0. The number of ether oxygens (including phenoxy) is 1. The molecule has 0 aliphatic rings. The molecular formula is C21H38N4O3S. The molecule has 1 aromatic carbocycles. The Bertz CT molecular complexity index is 703. The van der Waals surface area contributed by atoms with E-state index in [1.165, 1.54) is 4.31 Å². The SMILES string of the molecule is CCCCOCCCNC(=NCc1ccc(S(=O)(=O)N(C)C(C)C)cc1)NCC. The lowest BCUT2D eigenvalue weighted by atomic mass is 10.2. The number of nitrogens with one attached hydrogen (secondary N) is 2. The van der Waals surface area contributed by atoms with Crippen LogP contribution in [-0.2, 0) is 21.3 Å². The zero-order chi connectivity index (χ0) is 21.7. The van der Waals surface area contributed by atoms with Crippen molar-refractivity contribution in [1.82, 2.24) is 14.9 Å². The molecule has 0 amide bonds. The molecular weight excluding hydrogens is 388 g/mol. The van der Waals surface area contributed by atoms with Crippen molar-refractivity contribution < 1.29 is 13.2 Å². The summed E-state index contributed by atoms with van der Waals surface area (Å²) in [7, 11) is -1.86. The first-order valence-electron chi connectivity index (χ1n) is 10.5. The summed E-state index contributed by atoms with van der Waals surface area (Å²) in [5, 5.41) is 6.52. The van der Waals surface area contributed by atoms with E-state index in [4.69, 9.17) is 4.74 Å². The van der Waals surface area contributed by atoms with Crippen molar-refractivity contribution in [2.45, 2.75) is 64.4 Å². The third kappa shape index (κ3) is 9.14. The zero-order valence-electron chi connectivity index (χ0n) is 18.6. The Morgan fingerprint density at radius 3 is 2.34 bits per heavy atom. The molecule has 0 saturated heterocycles. The molecule has 0 radical (unpaired) electrons. The number of benzene rings is 1. The molecule has 0 bridgehead atoms. The van der Waals surface area contributed by atoms with Crippen LogP contribution in [0.15, 0.2) is 34.2 Å². The van der Waals surface area contributed by atoms with Crippen LogP contribution in [0.25, 0.3) is 0 Å². The molecule has 2 N–H and O–H groups in total. The molecule has 1 rings (SSSR count). The van der Waals surface area contributed by atoms with Gasteiger partial charge in [0.25, 0.3) is 0 Å². The number of sulfonamides is 1. The largest absolute Gasteiger partial charge is 0.381 e. The van der Waals surface area contributed by atoms with Gasteiger partial charge >= 0.3 is 0 Å². The number of aliphatic imine (C=N–C) groups is 1. The Kier molecular flexibility index (Phi) is 11.9. The summed E-state index contributed by atoms with van der Waals surface area (Å²) in [5.41, 5.74) is 0.955. The van der Waals surface area contributed by atoms with Crippen molar-refractivity contribution in [2.75, 3.05) is 33.4 Å². The predicted octanol–water partition coefficient (Wildman–Crippen LogP) is 2.98. The summed E-state index contributed by atoms with van der Waals surface area (Å²) in [4.78, 5) is 4.88. The van der Waals surface area contributed by atoms with Crippen molar-refractivity contribution in [2.24, 2.45) is 4.99 Å². The quantitative estimate of drug-likeness (QED) is 0.288. The number of guanidine groups is 1. The van der Waals surface area contributed by atoms with Gasteiger partial charge in [-0.05, 0) is 51.3 Å². The lowest BCUT2D eigenvalue weighted by molar-refractivity contribution is 0.129. The maximum absolute atomic E-state index is 12.5. The third-order valence-corrected chi connectivity index (χ3v) is 6.54. The summed E-state index contributed by atoms with van der Waals surface area (Å²) in [6.07, 6.45) is 3.17. The molecule has 0 heterocycles. The van der Waals surface area contributed by atoms with E-state index >= 15 is 0 Å². The fourth-order valence-corrected chi connectivity index (χ4v) is 3.82. The molecule has 0 spiro atoms. The molecule has 29 heavy (non-hydrogen) atoms. The van der Waals surface area contributed by atoms with Gasteiger partial charge in [0.2, 0.25) is 10.0 Å². The minimum atomic E-state index is -3.46. The van der Waals surface area contributed by atoms with Gasteiger partial charge in [-0.1, -0.05) is 25.5 Å². The van der Waals surface area contributed by atoms with Crippen LogP contribution in [0.3, 0.4) is 0 Å². The molecule has 0 atom stereocenters. The first-order chi connectivity index (χ1) is 13.8. The van der Waals surface area contributed by atoms with Gasteiger partial charge < -0.3 is 15.4 Å². The fourth-order valence-electron chi connectivity index (χ4n) is 2.45. The summed E-state index contributed by atoms with van der Waals surface area (Å²) in [6.45, 7) is 11.5. The molecule has 0 fully saturated rings. The van der Waals surface area contributed by atoms with Crippen molar-refractivity contribution in [3.63, 3.8) is 0 Å². The van der Waals surface area contributed by atoms with E-state index in [1.54, 1.807) is 19.2 Å². The van der Waals surface area contributed by atoms with Gasteiger partial charge in [0.1, 0.15) is 0 Å². The number of nitrogens with zero attached hydrogens (tertiary/aromatic N) is 2. The summed E-state index contributed by atoms with van der Waals surface area (Å²) in [6, 6.07) is 6.83. The second-order valence-corrected chi connectivity index (χ2v) is 9.20. The van der Waals surface area contributed by atoms with Crippen LogP contribution in [0.4, 0.5) is 0 Å². The number of hydrogen-bond acceptors (Lipinski definition) is 4. The molecule has 166 valence electrons. The second-order valence-electron chi connectivity index (χ2n) is 7.20. The Hall–Kier alpha value is -1.64. The van der Waals surface area contributed by atoms with E-state index in [-0.39, 0.29) is 6.04 Å². The van der Waals surface area contributed by atoms with E-state index < -0.39 is 10.0 Å². The number of rotatable bonds is 13. The smallest absolute Gasteiger partial charge is 0.243 e. The molecule has 0 aliphatic carbocycles. The number of hydrogen-bond donors (Lipinski definition) is 2. The van der Waals surface area contributed by atoms with Gasteiger partial charge in [0.05, 0.1) is 11.4 Å². The van der Waals surface area contributed by atoms with E-state index in [0.717, 1.165) is 57.1 Å². The average molecular weight is 427 g/mol. The first kappa shape index (κ1) is 25.4. The molecule has 8 heteroatoms. The van der Waals surface area contributed by atoms with Gasteiger partial charge in [0, 0.05) is 39.4 Å². The minimum Gasteiger partial charge on any atom is -0.381 e. The summed E-state index contributed by atoms with van der Waals surface area (Å²) >= 11 is 0. The van der Waals surface area contributed by atoms with E-state index in [0.29, 0.717) is 11.4 Å². The molecule has 1 aromatic rings. The molecule has 0 aromatic heterocycles. The van der Waals surface area contributed by atoms with Crippen molar-refractivity contribution in [3.8, 4) is 0 Å². The van der Waals surface area contributed by atoms with Crippen molar-refractivity contribution >= 4 is 16.0 Å². The molecule has 0 unspecified atom stereocenters. The highest BCUT2D eigenvalue weighted by molar-refractivity contribution is 7.89. The second kappa shape index (κ2) is 13.6. The van der Waals surface area contributed by atoms with Crippen LogP contribution >= 0.6 is 0 Å². The summed E-state index contributed by atoms with van der Waals surface area (Å²) in [5.74, 6) is 0.747. The van der Waals surface area contributed by atoms with E-state index in [1.807, 2.05) is 32.9 Å². The Morgan fingerprint density at radius 1 is 1.10 bits per heavy atom. The maximum atomic E-state index is 12.5. The maximum Gasteiger partial charge on any atom is 0.243 e. The Morgan fingerprint density at radius 2 is 1.76 bits per heavy atom. The van der Waals surface area contributed by atoms with Crippen LogP contribution < -0.4 is 10.6 Å². The van der Waals surface area contributed by atoms with Crippen LogP contribution in [0.1, 0.15) is 52.5 Å². The van der Waals surface area contributed by atoms with Gasteiger partial charge in [0.15, 0.2) is 5.96 Å². The average Bonchev–Trinajstić information content (AvgIpc) is 2.70. The molecule has 0 saturated carbocycles. The third-order valence-electron chi connectivity index (χ3n) is 4.49. The van der Waals surface area contributed by atoms with Crippen LogP contribution in [0, 0.1) is 0 Å². The topological polar surface area (TPSA) is 83.0 Å². The molecule has 0 aliphatic heterocycles. The van der Waals surface area contributed by atoms with E-state index in [2.05, 4.69) is 22.5 Å². The van der Waals surface area contributed by atoms with Crippen LogP contribution in [0.5, 0.6) is 0 Å². The first-order valence-corrected chi connectivity index (χ1v) is 11.9. The Balaban J connectivity index is 2.59. The zero-order valence-corrected chi connectivity index (χ0v) is 19.4. The van der Waals surface area contributed by atoms with Gasteiger partial charge in [-0.25, -0.2) is 13.4 Å². The monoisotopic (exact) mass is 426 g/mol. The van der Waals surface area contributed by atoms with Crippen molar-refractivity contribution in [1.29, 1.82) is 0 Å². The highest BCUT2D eigenvalue weighted by Gasteiger charge is 2.22. The Labute approximate surface area is 177 Å².